The van der Waals surface area contributed by atoms with Gasteiger partial charge in [0.2, 0.25) is 0 Å². The van der Waals surface area contributed by atoms with Gasteiger partial charge in [-0.1, -0.05) is 0 Å². The summed E-state index contributed by atoms with van der Waals surface area (Å²) in [6.07, 6.45) is 3.44. The molecule has 0 atom stereocenters. The summed E-state index contributed by atoms with van der Waals surface area (Å²) in [5, 5.41) is 0. The zero-order valence-corrected chi connectivity index (χ0v) is 8.50. The molecule has 0 radical (unpaired) electrons. The van der Waals surface area contributed by atoms with Crippen molar-refractivity contribution < 1.29 is 9.53 Å². The predicted octanol–water partition coefficient (Wildman–Crippen LogP) is 1.68. The molecule has 1 rings (SSSR count). The summed E-state index contributed by atoms with van der Waals surface area (Å²) in [6.45, 7) is 7.89. The van der Waals surface area contributed by atoms with E-state index in [0.29, 0.717) is 6.47 Å². The van der Waals surface area contributed by atoms with Crippen molar-refractivity contribution in [1.29, 1.82) is 0 Å². The molecule has 0 aliphatic heterocycles. The molecule has 4 heteroatoms. The van der Waals surface area contributed by atoms with Crippen molar-refractivity contribution in [2.45, 2.75) is 33.3 Å². The van der Waals surface area contributed by atoms with Gasteiger partial charge >= 0.3 is 0 Å². The molecule has 1 N–H and O–H groups in total. The summed E-state index contributed by atoms with van der Waals surface area (Å²) >= 11 is 0. The first kappa shape index (κ1) is 11.7. The Morgan fingerprint density at radius 3 is 2.23 bits per heavy atom. The second-order valence-electron chi connectivity index (χ2n) is 3.56. The van der Waals surface area contributed by atoms with E-state index in [2.05, 4.69) is 14.7 Å². The van der Waals surface area contributed by atoms with Crippen LogP contribution in [0.15, 0.2) is 12.5 Å². The first-order valence-electron chi connectivity index (χ1n) is 4.02. The number of rotatable bonds is 1. The van der Waals surface area contributed by atoms with Gasteiger partial charge < -0.3 is 9.72 Å². The lowest BCUT2D eigenvalue weighted by atomic mass is 10.2. The van der Waals surface area contributed by atoms with Gasteiger partial charge in [0.1, 0.15) is 5.60 Å². The summed E-state index contributed by atoms with van der Waals surface area (Å²) in [5.74, 6) is 0. The summed E-state index contributed by atoms with van der Waals surface area (Å²) in [4.78, 5) is 16.3. The van der Waals surface area contributed by atoms with E-state index in [1.54, 1.807) is 12.5 Å². The lowest BCUT2D eigenvalue weighted by Crippen LogP contribution is -2.17. The molecule has 0 spiro atoms. The van der Waals surface area contributed by atoms with Crippen LogP contribution in [-0.2, 0) is 9.53 Å². The monoisotopic (exact) mass is 184 g/mol. The maximum absolute atomic E-state index is 9.60. The molecular weight excluding hydrogens is 168 g/mol. The molecule has 0 aromatic carbocycles. The van der Waals surface area contributed by atoms with Crippen LogP contribution in [-0.4, -0.2) is 22.0 Å². The van der Waals surface area contributed by atoms with Crippen LogP contribution in [0.4, 0.5) is 0 Å². The third kappa shape index (κ3) is 8.59. The van der Waals surface area contributed by atoms with E-state index < -0.39 is 0 Å². The lowest BCUT2D eigenvalue weighted by Gasteiger charge is -2.14. The molecule has 0 aliphatic rings. The van der Waals surface area contributed by atoms with Crippen LogP contribution in [0.3, 0.4) is 0 Å². The number of hydrogen-bond acceptors (Lipinski definition) is 3. The van der Waals surface area contributed by atoms with Crippen LogP contribution in [0.2, 0.25) is 0 Å². The highest BCUT2D eigenvalue weighted by Gasteiger charge is 2.07. The maximum Gasteiger partial charge on any atom is 0.293 e. The highest BCUT2D eigenvalue weighted by molar-refractivity contribution is 5.37. The summed E-state index contributed by atoms with van der Waals surface area (Å²) < 4.78 is 4.55. The Morgan fingerprint density at radius 1 is 1.54 bits per heavy atom. The van der Waals surface area contributed by atoms with Gasteiger partial charge in [-0.05, 0) is 27.7 Å². The van der Waals surface area contributed by atoms with Crippen LogP contribution in [0, 0.1) is 6.92 Å². The van der Waals surface area contributed by atoms with Crippen molar-refractivity contribution in [3.05, 3.63) is 18.2 Å². The lowest BCUT2D eigenvalue weighted by molar-refractivity contribution is -0.138. The Bertz CT molecular complexity index is 224. The minimum absolute atomic E-state index is 0.318. The molecule has 4 nitrogen and oxygen atoms in total. The number of ether oxygens (including phenoxy) is 1. The molecule has 0 unspecified atom stereocenters. The average Bonchev–Trinajstić information content (AvgIpc) is 2.38. The van der Waals surface area contributed by atoms with Gasteiger partial charge in [-0.15, -0.1) is 0 Å². The van der Waals surface area contributed by atoms with Gasteiger partial charge in [0.05, 0.1) is 6.33 Å². The van der Waals surface area contributed by atoms with Crippen molar-refractivity contribution >= 4 is 6.47 Å². The fourth-order valence-electron chi connectivity index (χ4n) is 0.470. The number of nitrogens with zero attached hydrogens (tertiary/aromatic N) is 1. The number of H-pyrrole nitrogens is 1. The van der Waals surface area contributed by atoms with Gasteiger partial charge in [0.25, 0.3) is 6.47 Å². The quantitative estimate of drug-likeness (QED) is 0.675. The molecule has 0 aliphatic carbocycles. The second kappa shape index (κ2) is 5.35. The molecule has 0 fully saturated rings. The van der Waals surface area contributed by atoms with Crippen LogP contribution in [0.1, 0.15) is 26.5 Å². The van der Waals surface area contributed by atoms with Gasteiger partial charge in [-0.3, -0.25) is 4.79 Å². The number of hydrogen-bond donors (Lipinski definition) is 1. The summed E-state index contributed by atoms with van der Waals surface area (Å²) in [5.41, 5.74) is 0.789. The highest BCUT2D eigenvalue weighted by Crippen LogP contribution is 2.02. The van der Waals surface area contributed by atoms with Gasteiger partial charge in [0.15, 0.2) is 0 Å². The molecule has 1 aromatic rings. The Labute approximate surface area is 78.3 Å². The Kier molecular flexibility index (Phi) is 4.80. The van der Waals surface area contributed by atoms with Crippen molar-refractivity contribution in [2.24, 2.45) is 0 Å². The number of imidazole rings is 1. The fraction of sp³-hybridized carbons (Fsp3) is 0.556. The Morgan fingerprint density at radius 2 is 2.15 bits per heavy atom. The van der Waals surface area contributed by atoms with E-state index in [9.17, 15) is 4.79 Å². The molecule has 0 amide bonds. The number of nitrogens with one attached hydrogen (secondary N) is 1. The summed E-state index contributed by atoms with van der Waals surface area (Å²) in [7, 11) is 0. The van der Waals surface area contributed by atoms with Crippen LogP contribution < -0.4 is 0 Å². The zero-order chi connectivity index (χ0) is 10.3. The van der Waals surface area contributed by atoms with Gasteiger partial charge in [-0.2, -0.15) is 0 Å². The molecular formula is C9H16N2O2. The van der Waals surface area contributed by atoms with Crippen LogP contribution >= 0.6 is 0 Å². The van der Waals surface area contributed by atoms with Crippen LogP contribution in [0.25, 0.3) is 0 Å². The Hall–Kier alpha value is -1.32. The van der Waals surface area contributed by atoms with Crippen molar-refractivity contribution in [1.82, 2.24) is 9.97 Å². The van der Waals surface area contributed by atoms with E-state index in [-0.39, 0.29) is 5.60 Å². The SMILES string of the molecule is CC(C)(C)OC=O.Cc1cnc[nH]1. The third-order valence-corrected chi connectivity index (χ3v) is 1.04. The van der Waals surface area contributed by atoms with E-state index in [1.807, 2.05) is 27.7 Å². The minimum Gasteiger partial charge on any atom is -0.462 e. The smallest absolute Gasteiger partial charge is 0.293 e. The number of carbonyl (C=O) groups excluding carboxylic acids is 1. The first-order chi connectivity index (χ1) is 5.95. The van der Waals surface area contributed by atoms with E-state index in [0.717, 1.165) is 5.69 Å². The summed E-state index contributed by atoms with van der Waals surface area (Å²) in [6, 6.07) is 0. The van der Waals surface area contributed by atoms with Gasteiger partial charge in [-0.25, -0.2) is 4.98 Å². The molecule has 0 saturated carbocycles. The molecule has 1 aromatic heterocycles. The maximum atomic E-state index is 9.60. The standard InChI is InChI=1S/C5H10O2.C4H6N2/c1-5(2,3)7-4-6;1-4-2-5-3-6-4/h4H,1-3H3;2-3H,1H3,(H,5,6). The first-order valence-corrected chi connectivity index (χ1v) is 4.02. The topological polar surface area (TPSA) is 55.0 Å². The largest absolute Gasteiger partial charge is 0.462 e. The number of aryl methyl sites for hydroxylation is 1. The zero-order valence-electron chi connectivity index (χ0n) is 8.50. The second-order valence-corrected chi connectivity index (χ2v) is 3.56. The highest BCUT2D eigenvalue weighted by atomic mass is 16.5. The fourth-order valence-corrected chi connectivity index (χ4v) is 0.470. The van der Waals surface area contributed by atoms with Crippen LogP contribution in [0.5, 0.6) is 0 Å². The molecule has 74 valence electrons. The van der Waals surface area contributed by atoms with Crippen molar-refractivity contribution in [3.63, 3.8) is 0 Å². The number of aromatic nitrogens is 2. The minimum atomic E-state index is -0.318. The third-order valence-electron chi connectivity index (χ3n) is 1.04. The normalized spacial score (nSPS) is 9.85. The number of aromatic amines is 1. The number of carbonyl (C=O) groups is 1. The van der Waals surface area contributed by atoms with Crippen molar-refractivity contribution in [3.8, 4) is 0 Å². The molecule has 1 heterocycles. The van der Waals surface area contributed by atoms with E-state index >= 15 is 0 Å². The average molecular weight is 184 g/mol. The predicted molar refractivity (Wildman–Crippen MR) is 50.2 cm³/mol. The Balaban J connectivity index is 0.000000223. The van der Waals surface area contributed by atoms with E-state index in [4.69, 9.17) is 0 Å². The molecule has 13 heavy (non-hydrogen) atoms. The van der Waals surface area contributed by atoms with E-state index in [1.165, 1.54) is 0 Å². The van der Waals surface area contributed by atoms with Crippen molar-refractivity contribution in [2.75, 3.05) is 0 Å². The molecule has 0 saturated heterocycles. The molecule has 0 bridgehead atoms. The van der Waals surface area contributed by atoms with Gasteiger partial charge in [0, 0.05) is 11.9 Å².